The number of benzene rings is 1. The normalized spacial score (nSPS) is 21.0. The van der Waals surface area contributed by atoms with Crippen LogP contribution in [0.4, 0.5) is 0 Å². The smallest absolute Gasteiger partial charge is 0.122 e. The van der Waals surface area contributed by atoms with Crippen LogP contribution in [0.25, 0.3) is 0 Å². The lowest BCUT2D eigenvalue weighted by Crippen LogP contribution is -2.54. The van der Waals surface area contributed by atoms with Gasteiger partial charge in [-0.15, -0.1) is 0 Å². The van der Waals surface area contributed by atoms with Gasteiger partial charge in [0.15, 0.2) is 0 Å². The van der Waals surface area contributed by atoms with Crippen LogP contribution in [0.3, 0.4) is 0 Å². The minimum absolute atomic E-state index is 0.313. The highest BCUT2D eigenvalue weighted by atomic mass is 15.2. The standard InChI is InChI=1S/C18H25N3/c1-21(12-11-15-5-3-2-4-6-15)14-18(13-19,16-7-8-16)20-17-9-10-17/h2-6,16-17,20H,7-12,14H2,1H3. The van der Waals surface area contributed by atoms with Crippen LogP contribution < -0.4 is 5.32 Å². The molecule has 2 fully saturated rings. The van der Waals surface area contributed by atoms with Gasteiger partial charge in [0.2, 0.25) is 0 Å². The van der Waals surface area contributed by atoms with E-state index in [9.17, 15) is 5.26 Å². The SMILES string of the molecule is CN(CCc1ccccc1)CC(C#N)(NC1CC1)C1CC1. The third-order valence-electron chi connectivity index (χ3n) is 4.66. The maximum Gasteiger partial charge on any atom is 0.122 e. The molecule has 112 valence electrons. The van der Waals surface area contributed by atoms with E-state index >= 15 is 0 Å². The molecule has 0 aromatic heterocycles. The first kappa shape index (κ1) is 14.6. The zero-order chi connectivity index (χ0) is 14.7. The largest absolute Gasteiger partial charge is 0.303 e. The van der Waals surface area contributed by atoms with Crippen molar-refractivity contribution in [2.75, 3.05) is 20.1 Å². The molecule has 0 saturated heterocycles. The van der Waals surface area contributed by atoms with Crippen molar-refractivity contribution in [3.8, 4) is 6.07 Å². The van der Waals surface area contributed by atoms with Gasteiger partial charge in [0.1, 0.15) is 5.54 Å². The molecule has 1 N–H and O–H groups in total. The summed E-state index contributed by atoms with van der Waals surface area (Å²) in [6.07, 6.45) is 5.94. The zero-order valence-electron chi connectivity index (χ0n) is 12.9. The van der Waals surface area contributed by atoms with Crippen molar-refractivity contribution in [1.29, 1.82) is 5.26 Å². The highest BCUT2D eigenvalue weighted by Gasteiger charge is 2.48. The van der Waals surface area contributed by atoms with E-state index in [1.807, 2.05) is 0 Å². The molecule has 2 aliphatic carbocycles. The van der Waals surface area contributed by atoms with E-state index in [4.69, 9.17) is 0 Å². The predicted molar refractivity (Wildman–Crippen MR) is 84.9 cm³/mol. The second-order valence-electron chi connectivity index (χ2n) is 6.75. The topological polar surface area (TPSA) is 39.1 Å². The van der Waals surface area contributed by atoms with Gasteiger partial charge in [0.05, 0.1) is 6.07 Å². The summed E-state index contributed by atoms with van der Waals surface area (Å²) >= 11 is 0. The minimum Gasteiger partial charge on any atom is -0.303 e. The molecular weight excluding hydrogens is 258 g/mol. The Bertz CT molecular complexity index is 499. The molecule has 0 aliphatic heterocycles. The Balaban J connectivity index is 1.56. The van der Waals surface area contributed by atoms with Gasteiger partial charge in [-0.25, -0.2) is 0 Å². The Hall–Kier alpha value is -1.37. The summed E-state index contributed by atoms with van der Waals surface area (Å²) in [6, 6.07) is 13.8. The number of hydrogen-bond acceptors (Lipinski definition) is 3. The molecule has 3 heteroatoms. The molecule has 0 radical (unpaired) electrons. The second-order valence-corrected chi connectivity index (χ2v) is 6.75. The van der Waals surface area contributed by atoms with E-state index in [2.05, 4.69) is 53.7 Å². The number of nitrogens with one attached hydrogen (secondary N) is 1. The first-order valence-corrected chi connectivity index (χ1v) is 8.13. The fourth-order valence-electron chi connectivity index (χ4n) is 3.09. The lowest BCUT2D eigenvalue weighted by molar-refractivity contribution is 0.228. The summed E-state index contributed by atoms with van der Waals surface area (Å²) in [6.45, 7) is 1.85. The van der Waals surface area contributed by atoms with Gasteiger partial charge in [-0.05, 0) is 50.6 Å². The summed E-state index contributed by atoms with van der Waals surface area (Å²) in [5.41, 5.74) is 1.06. The van der Waals surface area contributed by atoms with Crippen molar-refractivity contribution in [1.82, 2.24) is 10.2 Å². The van der Waals surface area contributed by atoms with E-state index in [0.29, 0.717) is 12.0 Å². The van der Waals surface area contributed by atoms with Crippen LogP contribution in [-0.4, -0.2) is 36.6 Å². The van der Waals surface area contributed by atoms with Crippen molar-refractivity contribution in [3.05, 3.63) is 35.9 Å². The first-order valence-electron chi connectivity index (χ1n) is 8.13. The first-order chi connectivity index (χ1) is 10.2. The molecule has 1 unspecified atom stereocenters. The van der Waals surface area contributed by atoms with Gasteiger partial charge < -0.3 is 4.90 Å². The molecule has 3 rings (SSSR count). The summed E-state index contributed by atoms with van der Waals surface area (Å²) < 4.78 is 0. The summed E-state index contributed by atoms with van der Waals surface area (Å²) in [5.74, 6) is 0.558. The number of likely N-dealkylation sites (N-methyl/N-ethyl adjacent to an activating group) is 1. The second kappa shape index (κ2) is 6.17. The molecule has 0 heterocycles. The van der Waals surface area contributed by atoms with E-state index in [1.54, 1.807) is 0 Å². The molecule has 0 amide bonds. The van der Waals surface area contributed by atoms with Crippen molar-refractivity contribution >= 4 is 0 Å². The monoisotopic (exact) mass is 283 g/mol. The van der Waals surface area contributed by atoms with Gasteiger partial charge >= 0.3 is 0 Å². The van der Waals surface area contributed by atoms with Crippen LogP contribution in [0.15, 0.2) is 30.3 Å². The summed E-state index contributed by atoms with van der Waals surface area (Å²) in [5, 5.41) is 13.4. The molecule has 0 bridgehead atoms. The van der Waals surface area contributed by atoms with E-state index in [1.165, 1.54) is 31.2 Å². The zero-order valence-corrected chi connectivity index (χ0v) is 12.9. The van der Waals surface area contributed by atoms with Crippen molar-refractivity contribution in [3.63, 3.8) is 0 Å². The Morgan fingerprint density at radius 1 is 1.24 bits per heavy atom. The van der Waals surface area contributed by atoms with Crippen LogP contribution in [-0.2, 0) is 6.42 Å². The lowest BCUT2D eigenvalue weighted by atomic mass is 9.93. The minimum atomic E-state index is -0.313. The lowest BCUT2D eigenvalue weighted by Gasteiger charge is -2.32. The Morgan fingerprint density at radius 2 is 1.95 bits per heavy atom. The Labute approximate surface area is 128 Å². The molecule has 1 aromatic carbocycles. The number of hydrogen-bond donors (Lipinski definition) is 1. The Kier molecular flexibility index (Phi) is 4.28. The summed E-state index contributed by atoms with van der Waals surface area (Å²) in [7, 11) is 2.14. The average molecular weight is 283 g/mol. The van der Waals surface area contributed by atoms with E-state index in [0.717, 1.165) is 19.5 Å². The van der Waals surface area contributed by atoms with Gasteiger partial charge in [0.25, 0.3) is 0 Å². The molecule has 1 atom stereocenters. The fourth-order valence-corrected chi connectivity index (χ4v) is 3.09. The molecule has 2 saturated carbocycles. The average Bonchev–Trinajstić information content (AvgIpc) is 3.38. The molecule has 21 heavy (non-hydrogen) atoms. The molecule has 3 nitrogen and oxygen atoms in total. The number of nitriles is 1. The van der Waals surface area contributed by atoms with Gasteiger partial charge in [-0.3, -0.25) is 5.32 Å². The maximum atomic E-state index is 9.76. The van der Waals surface area contributed by atoms with Crippen LogP contribution >= 0.6 is 0 Å². The van der Waals surface area contributed by atoms with Gasteiger partial charge in [-0.1, -0.05) is 30.3 Å². The number of nitrogens with zero attached hydrogens (tertiary/aromatic N) is 2. The van der Waals surface area contributed by atoms with Gasteiger partial charge in [-0.2, -0.15) is 5.26 Å². The fraction of sp³-hybridized carbons (Fsp3) is 0.611. The van der Waals surface area contributed by atoms with Crippen LogP contribution in [0, 0.1) is 17.2 Å². The highest BCUT2D eigenvalue weighted by Crippen LogP contribution is 2.41. The highest BCUT2D eigenvalue weighted by molar-refractivity contribution is 5.19. The predicted octanol–water partition coefficient (Wildman–Crippen LogP) is 2.59. The molecule has 2 aliphatic rings. The van der Waals surface area contributed by atoms with Gasteiger partial charge in [0, 0.05) is 19.1 Å². The molecule has 0 spiro atoms. The third kappa shape index (κ3) is 3.84. The summed E-state index contributed by atoms with van der Waals surface area (Å²) in [4.78, 5) is 2.32. The molecular formula is C18H25N3. The third-order valence-corrected chi connectivity index (χ3v) is 4.66. The van der Waals surface area contributed by atoms with E-state index < -0.39 is 0 Å². The maximum absolute atomic E-state index is 9.76. The number of rotatable bonds is 8. The van der Waals surface area contributed by atoms with Crippen LogP contribution in [0.5, 0.6) is 0 Å². The van der Waals surface area contributed by atoms with Crippen molar-refractivity contribution in [2.45, 2.75) is 43.7 Å². The van der Waals surface area contributed by atoms with Crippen LogP contribution in [0.1, 0.15) is 31.2 Å². The van der Waals surface area contributed by atoms with Crippen molar-refractivity contribution in [2.24, 2.45) is 5.92 Å². The Morgan fingerprint density at radius 3 is 2.52 bits per heavy atom. The van der Waals surface area contributed by atoms with Crippen LogP contribution in [0.2, 0.25) is 0 Å². The van der Waals surface area contributed by atoms with E-state index in [-0.39, 0.29) is 5.54 Å². The molecule has 1 aromatic rings. The van der Waals surface area contributed by atoms with Crippen molar-refractivity contribution < 1.29 is 0 Å². The quantitative estimate of drug-likeness (QED) is 0.797.